The van der Waals surface area contributed by atoms with Gasteiger partial charge in [0.1, 0.15) is 0 Å². The zero-order valence-corrected chi connectivity index (χ0v) is 11.3. The highest BCUT2D eigenvalue weighted by Gasteiger charge is 2.44. The molecule has 98 valence electrons. The molecule has 1 aromatic rings. The van der Waals surface area contributed by atoms with Gasteiger partial charge in [-0.15, -0.1) is 0 Å². The lowest BCUT2D eigenvalue weighted by Gasteiger charge is -2.04. The molecule has 18 heavy (non-hydrogen) atoms. The number of unbranched alkanes of at least 4 members (excludes halogenated alkanes) is 1. The van der Waals surface area contributed by atoms with Gasteiger partial charge >= 0.3 is 5.97 Å². The molecule has 0 saturated heterocycles. The van der Waals surface area contributed by atoms with Gasteiger partial charge in [-0.05, 0) is 43.2 Å². The van der Waals surface area contributed by atoms with Crippen molar-refractivity contribution in [2.75, 3.05) is 6.61 Å². The van der Waals surface area contributed by atoms with Crippen LogP contribution in [0.25, 0.3) is 0 Å². The summed E-state index contributed by atoms with van der Waals surface area (Å²) in [7, 11) is 0. The zero-order valence-electron chi connectivity index (χ0n) is 11.3. The van der Waals surface area contributed by atoms with Crippen molar-refractivity contribution in [3.05, 3.63) is 35.4 Å². The van der Waals surface area contributed by atoms with Crippen molar-refractivity contribution in [3.63, 3.8) is 0 Å². The summed E-state index contributed by atoms with van der Waals surface area (Å²) < 4.78 is 5.06. The van der Waals surface area contributed by atoms with Gasteiger partial charge in [0.2, 0.25) is 0 Å². The fourth-order valence-corrected chi connectivity index (χ4v) is 2.39. The summed E-state index contributed by atoms with van der Waals surface area (Å²) >= 11 is 0. The van der Waals surface area contributed by atoms with E-state index in [4.69, 9.17) is 4.74 Å². The van der Waals surface area contributed by atoms with E-state index in [0.717, 1.165) is 12.8 Å². The van der Waals surface area contributed by atoms with Crippen LogP contribution < -0.4 is 0 Å². The van der Waals surface area contributed by atoms with Crippen LogP contribution in [0, 0.1) is 5.92 Å². The van der Waals surface area contributed by atoms with Crippen LogP contribution in [-0.2, 0) is 16.0 Å². The van der Waals surface area contributed by atoms with Crippen LogP contribution in [0.15, 0.2) is 24.3 Å². The first-order valence-corrected chi connectivity index (χ1v) is 7.01. The number of esters is 1. The van der Waals surface area contributed by atoms with E-state index in [0.29, 0.717) is 12.5 Å². The van der Waals surface area contributed by atoms with Crippen molar-refractivity contribution >= 4 is 5.97 Å². The summed E-state index contributed by atoms with van der Waals surface area (Å²) in [5, 5.41) is 0. The Kier molecular flexibility index (Phi) is 4.40. The largest absolute Gasteiger partial charge is 0.466 e. The summed E-state index contributed by atoms with van der Waals surface area (Å²) in [6.07, 6.45) is 4.58. The highest BCUT2D eigenvalue weighted by Crippen LogP contribution is 2.48. The predicted octanol–water partition coefficient (Wildman–Crippen LogP) is 3.70. The van der Waals surface area contributed by atoms with E-state index in [1.807, 2.05) is 6.92 Å². The van der Waals surface area contributed by atoms with E-state index >= 15 is 0 Å². The van der Waals surface area contributed by atoms with E-state index in [9.17, 15) is 4.79 Å². The minimum atomic E-state index is -0.0300. The molecular weight excluding hydrogens is 224 g/mol. The molecule has 2 heteroatoms. The quantitative estimate of drug-likeness (QED) is 0.715. The Hall–Kier alpha value is -1.31. The number of hydrogen-bond acceptors (Lipinski definition) is 2. The van der Waals surface area contributed by atoms with E-state index < -0.39 is 0 Å². The van der Waals surface area contributed by atoms with Gasteiger partial charge in [0.15, 0.2) is 0 Å². The standard InChI is InChI=1S/C16H22O2/c1-3-5-6-12-7-9-13(10-8-12)14-11-15(14)16(17)18-4-2/h7-10,14-15H,3-6,11H2,1-2H3/t14-,15+/m0/s1. The highest BCUT2D eigenvalue weighted by molar-refractivity contribution is 5.77. The molecule has 0 spiro atoms. The summed E-state index contributed by atoms with van der Waals surface area (Å²) in [4.78, 5) is 11.6. The molecule has 1 fully saturated rings. The van der Waals surface area contributed by atoms with E-state index in [2.05, 4.69) is 31.2 Å². The fourth-order valence-electron chi connectivity index (χ4n) is 2.39. The average molecular weight is 246 g/mol. The van der Waals surface area contributed by atoms with Crippen LogP contribution in [-0.4, -0.2) is 12.6 Å². The van der Waals surface area contributed by atoms with E-state index in [1.165, 1.54) is 24.0 Å². The maximum atomic E-state index is 11.6. The van der Waals surface area contributed by atoms with Crippen LogP contribution in [0.5, 0.6) is 0 Å². The molecule has 2 nitrogen and oxygen atoms in total. The third kappa shape index (κ3) is 3.12. The molecular formula is C16H22O2. The number of carbonyl (C=O) groups is 1. The molecule has 1 saturated carbocycles. The second kappa shape index (κ2) is 6.03. The monoisotopic (exact) mass is 246 g/mol. The molecule has 1 aliphatic rings. The maximum absolute atomic E-state index is 11.6. The van der Waals surface area contributed by atoms with Crippen LogP contribution in [0.1, 0.15) is 50.2 Å². The topological polar surface area (TPSA) is 26.3 Å². The number of carbonyl (C=O) groups excluding carboxylic acids is 1. The fraction of sp³-hybridized carbons (Fsp3) is 0.562. The lowest BCUT2D eigenvalue weighted by Crippen LogP contribution is -2.07. The first-order valence-electron chi connectivity index (χ1n) is 7.01. The molecule has 0 unspecified atom stereocenters. The number of benzene rings is 1. The van der Waals surface area contributed by atoms with Gasteiger partial charge in [0.05, 0.1) is 12.5 Å². The third-order valence-electron chi connectivity index (χ3n) is 3.61. The molecule has 0 heterocycles. The van der Waals surface area contributed by atoms with Crippen molar-refractivity contribution < 1.29 is 9.53 Å². The van der Waals surface area contributed by atoms with Crippen molar-refractivity contribution in [2.24, 2.45) is 5.92 Å². The highest BCUT2D eigenvalue weighted by atomic mass is 16.5. The van der Waals surface area contributed by atoms with E-state index in [1.54, 1.807) is 0 Å². The Bertz CT molecular complexity index is 394. The Morgan fingerprint density at radius 3 is 2.61 bits per heavy atom. The minimum Gasteiger partial charge on any atom is -0.466 e. The van der Waals surface area contributed by atoms with Crippen LogP contribution >= 0.6 is 0 Å². The second-order valence-corrected chi connectivity index (χ2v) is 5.05. The maximum Gasteiger partial charge on any atom is 0.309 e. The van der Waals surface area contributed by atoms with Crippen molar-refractivity contribution in [1.29, 1.82) is 0 Å². The lowest BCUT2D eigenvalue weighted by molar-refractivity contribution is -0.144. The minimum absolute atomic E-state index is 0.0300. The van der Waals surface area contributed by atoms with Crippen LogP contribution in [0.3, 0.4) is 0 Å². The zero-order chi connectivity index (χ0) is 13.0. The molecule has 0 bridgehead atoms. The Morgan fingerprint density at radius 1 is 1.28 bits per heavy atom. The molecule has 0 amide bonds. The van der Waals surface area contributed by atoms with Crippen LogP contribution in [0.4, 0.5) is 0 Å². The molecule has 0 radical (unpaired) electrons. The Balaban J connectivity index is 1.90. The van der Waals surface area contributed by atoms with Gasteiger partial charge in [-0.3, -0.25) is 4.79 Å². The van der Waals surface area contributed by atoms with Gasteiger partial charge in [-0.2, -0.15) is 0 Å². The van der Waals surface area contributed by atoms with Gasteiger partial charge in [-0.1, -0.05) is 37.6 Å². The average Bonchev–Trinajstić information content (AvgIpc) is 3.17. The number of rotatable bonds is 6. The first-order chi connectivity index (χ1) is 8.76. The molecule has 0 aliphatic heterocycles. The molecule has 1 aliphatic carbocycles. The number of aryl methyl sites for hydroxylation is 1. The van der Waals surface area contributed by atoms with Crippen molar-refractivity contribution in [3.8, 4) is 0 Å². The molecule has 0 aromatic heterocycles. The molecule has 2 atom stereocenters. The van der Waals surface area contributed by atoms with Crippen molar-refractivity contribution in [1.82, 2.24) is 0 Å². The summed E-state index contributed by atoms with van der Waals surface area (Å²) in [6.45, 7) is 4.55. The van der Waals surface area contributed by atoms with E-state index in [-0.39, 0.29) is 11.9 Å². The van der Waals surface area contributed by atoms with Gasteiger partial charge in [0, 0.05) is 0 Å². The predicted molar refractivity (Wildman–Crippen MR) is 72.5 cm³/mol. The van der Waals surface area contributed by atoms with Gasteiger partial charge in [0.25, 0.3) is 0 Å². The van der Waals surface area contributed by atoms with Crippen molar-refractivity contribution in [2.45, 2.75) is 45.4 Å². The summed E-state index contributed by atoms with van der Waals surface area (Å²) in [5.74, 6) is 0.466. The van der Waals surface area contributed by atoms with Gasteiger partial charge in [-0.25, -0.2) is 0 Å². The Morgan fingerprint density at radius 2 is 2.00 bits per heavy atom. The normalized spacial score (nSPS) is 21.7. The third-order valence-corrected chi connectivity index (χ3v) is 3.61. The summed E-state index contributed by atoms with van der Waals surface area (Å²) in [6, 6.07) is 8.75. The second-order valence-electron chi connectivity index (χ2n) is 5.05. The smallest absolute Gasteiger partial charge is 0.309 e. The Labute approximate surface area is 109 Å². The molecule has 1 aromatic carbocycles. The van der Waals surface area contributed by atoms with Crippen LogP contribution in [0.2, 0.25) is 0 Å². The lowest BCUT2D eigenvalue weighted by atomic mass is 10.0. The molecule has 2 rings (SSSR count). The van der Waals surface area contributed by atoms with Gasteiger partial charge < -0.3 is 4.74 Å². The molecule has 0 N–H and O–H groups in total. The number of hydrogen-bond donors (Lipinski definition) is 0. The summed E-state index contributed by atoms with van der Waals surface area (Å²) in [5.41, 5.74) is 2.68. The SMILES string of the molecule is CCCCc1ccc([C@@H]2C[C@H]2C(=O)OCC)cc1. The first kappa shape index (κ1) is 13.1. The number of ether oxygens (including phenoxy) is 1.